The van der Waals surface area contributed by atoms with Crippen LogP contribution in [0, 0.1) is 0 Å². The summed E-state index contributed by atoms with van der Waals surface area (Å²) in [5.41, 5.74) is 1.89. The Morgan fingerprint density at radius 2 is 1.70 bits per heavy atom. The molecule has 1 saturated heterocycles. The summed E-state index contributed by atoms with van der Waals surface area (Å²) in [7, 11) is 1.61. The zero-order valence-electron chi connectivity index (χ0n) is 13.7. The molecule has 23 heavy (non-hydrogen) atoms. The summed E-state index contributed by atoms with van der Waals surface area (Å²) in [5, 5.41) is 0. The number of methoxy groups -OCH3 is 1. The van der Waals surface area contributed by atoms with Gasteiger partial charge in [0, 0.05) is 19.6 Å². The zero-order valence-corrected chi connectivity index (χ0v) is 13.7. The van der Waals surface area contributed by atoms with E-state index in [1.165, 1.54) is 4.90 Å². The van der Waals surface area contributed by atoms with Gasteiger partial charge >= 0.3 is 0 Å². The first-order valence-electron chi connectivity index (χ1n) is 8.17. The Labute approximate surface area is 136 Å². The molecule has 0 N–H and O–H groups in total. The van der Waals surface area contributed by atoms with Gasteiger partial charge in [-0.05, 0) is 37.0 Å². The topological polar surface area (TPSA) is 49.9 Å². The van der Waals surface area contributed by atoms with Crippen molar-refractivity contribution in [1.82, 2.24) is 9.80 Å². The molecule has 0 radical (unpaired) electrons. The number of hydrogen-bond donors (Lipinski definition) is 0. The number of imide groups is 1. The van der Waals surface area contributed by atoms with E-state index in [0.717, 1.165) is 43.7 Å². The Bertz CT molecular complexity index is 643. The van der Waals surface area contributed by atoms with E-state index in [4.69, 9.17) is 4.74 Å². The predicted molar refractivity (Wildman–Crippen MR) is 87.7 cm³/mol. The van der Waals surface area contributed by atoms with E-state index in [9.17, 15) is 9.59 Å². The fourth-order valence-corrected chi connectivity index (χ4v) is 3.24. The normalized spacial score (nSPS) is 18.3. The van der Waals surface area contributed by atoms with Crippen molar-refractivity contribution in [3.63, 3.8) is 0 Å². The van der Waals surface area contributed by atoms with E-state index >= 15 is 0 Å². The van der Waals surface area contributed by atoms with Crippen LogP contribution in [0.5, 0.6) is 5.75 Å². The van der Waals surface area contributed by atoms with Gasteiger partial charge in [0.05, 0.1) is 12.7 Å². The number of ether oxygens (including phenoxy) is 1. The van der Waals surface area contributed by atoms with Gasteiger partial charge in [0.1, 0.15) is 11.4 Å². The van der Waals surface area contributed by atoms with Crippen molar-refractivity contribution in [2.24, 2.45) is 0 Å². The molecule has 1 fully saturated rings. The highest BCUT2D eigenvalue weighted by Gasteiger charge is 2.41. The molecule has 2 amide bonds. The largest absolute Gasteiger partial charge is 0.497 e. The fourth-order valence-electron chi connectivity index (χ4n) is 3.24. The summed E-state index contributed by atoms with van der Waals surface area (Å²) < 4.78 is 5.18. The summed E-state index contributed by atoms with van der Waals surface area (Å²) in [6.07, 6.45) is 2.89. The average Bonchev–Trinajstić information content (AvgIpc) is 3.17. The van der Waals surface area contributed by atoms with Crippen LogP contribution in [-0.2, 0) is 9.59 Å². The summed E-state index contributed by atoms with van der Waals surface area (Å²) >= 11 is 0. The van der Waals surface area contributed by atoms with Crippen LogP contribution >= 0.6 is 0 Å². The molecule has 122 valence electrons. The first-order chi connectivity index (χ1) is 11.2. The molecular formula is C18H22N2O3. The van der Waals surface area contributed by atoms with Crippen LogP contribution in [0.4, 0.5) is 0 Å². The third-order valence-electron chi connectivity index (χ3n) is 4.39. The number of amides is 2. The van der Waals surface area contributed by atoms with Crippen molar-refractivity contribution in [1.29, 1.82) is 0 Å². The van der Waals surface area contributed by atoms with Crippen molar-refractivity contribution in [3.05, 3.63) is 35.5 Å². The maximum atomic E-state index is 12.8. The van der Waals surface area contributed by atoms with E-state index in [0.29, 0.717) is 17.8 Å². The van der Waals surface area contributed by atoms with Gasteiger partial charge < -0.3 is 9.64 Å². The number of nitrogens with zero attached hydrogens (tertiary/aromatic N) is 2. The Hall–Kier alpha value is -2.30. The summed E-state index contributed by atoms with van der Waals surface area (Å²) in [5.74, 6) is 0.410. The van der Waals surface area contributed by atoms with E-state index < -0.39 is 0 Å². The molecule has 5 nitrogen and oxygen atoms in total. The first-order valence-corrected chi connectivity index (χ1v) is 8.17. The Kier molecular flexibility index (Phi) is 4.37. The number of carbonyl (C=O) groups excluding carboxylic acids is 2. The van der Waals surface area contributed by atoms with Crippen LogP contribution in [0.15, 0.2) is 30.0 Å². The minimum absolute atomic E-state index is 0.149. The van der Waals surface area contributed by atoms with Gasteiger partial charge in [-0.3, -0.25) is 14.5 Å². The molecular weight excluding hydrogens is 292 g/mol. The van der Waals surface area contributed by atoms with Crippen LogP contribution in [-0.4, -0.2) is 48.4 Å². The molecule has 0 bridgehead atoms. The van der Waals surface area contributed by atoms with Crippen LogP contribution in [0.1, 0.15) is 31.7 Å². The van der Waals surface area contributed by atoms with Crippen molar-refractivity contribution in [2.45, 2.75) is 26.2 Å². The van der Waals surface area contributed by atoms with Gasteiger partial charge in [0.25, 0.3) is 11.8 Å². The van der Waals surface area contributed by atoms with E-state index in [2.05, 4.69) is 4.90 Å². The number of rotatable bonds is 5. The summed E-state index contributed by atoms with van der Waals surface area (Å²) in [6, 6.07) is 7.35. The SMILES string of the molecule is CCCN1C(=O)C(c2ccc(OC)cc2)=C(N2CCCC2)C1=O. The molecule has 2 aliphatic heterocycles. The summed E-state index contributed by atoms with van der Waals surface area (Å²) in [4.78, 5) is 29.0. The van der Waals surface area contributed by atoms with E-state index in [1.807, 2.05) is 31.2 Å². The molecule has 0 aromatic heterocycles. The van der Waals surface area contributed by atoms with Gasteiger partial charge in [-0.2, -0.15) is 0 Å². The molecule has 2 aliphatic rings. The second kappa shape index (κ2) is 6.44. The minimum Gasteiger partial charge on any atom is -0.497 e. The Balaban J connectivity index is 2.05. The molecule has 0 saturated carbocycles. The third-order valence-corrected chi connectivity index (χ3v) is 4.39. The smallest absolute Gasteiger partial charge is 0.277 e. The predicted octanol–water partition coefficient (Wildman–Crippen LogP) is 2.28. The zero-order chi connectivity index (χ0) is 16.4. The van der Waals surface area contributed by atoms with Crippen LogP contribution in [0.3, 0.4) is 0 Å². The van der Waals surface area contributed by atoms with Crippen molar-refractivity contribution in [3.8, 4) is 5.75 Å². The maximum Gasteiger partial charge on any atom is 0.277 e. The molecule has 0 unspecified atom stereocenters. The quantitative estimate of drug-likeness (QED) is 0.783. The molecule has 0 aliphatic carbocycles. The van der Waals surface area contributed by atoms with E-state index in [1.54, 1.807) is 7.11 Å². The number of benzene rings is 1. The lowest BCUT2D eigenvalue weighted by atomic mass is 10.0. The van der Waals surface area contributed by atoms with Gasteiger partial charge in [-0.25, -0.2) is 0 Å². The molecule has 1 aromatic rings. The van der Waals surface area contributed by atoms with Crippen LogP contribution in [0.2, 0.25) is 0 Å². The number of hydrogen-bond acceptors (Lipinski definition) is 4. The van der Waals surface area contributed by atoms with Crippen molar-refractivity contribution in [2.75, 3.05) is 26.7 Å². The van der Waals surface area contributed by atoms with Crippen LogP contribution in [0.25, 0.3) is 5.57 Å². The Morgan fingerprint density at radius 1 is 1.04 bits per heavy atom. The molecule has 2 heterocycles. The monoisotopic (exact) mass is 314 g/mol. The van der Waals surface area contributed by atoms with E-state index in [-0.39, 0.29) is 11.8 Å². The van der Waals surface area contributed by atoms with Gasteiger partial charge in [0.2, 0.25) is 0 Å². The maximum absolute atomic E-state index is 12.8. The van der Waals surface area contributed by atoms with Gasteiger partial charge in [0.15, 0.2) is 0 Å². The lowest BCUT2D eigenvalue weighted by Crippen LogP contribution is -2.35. The lowest BCUT2D eigenvalue weighted by Gasteiger charge is -2.20. The minimum atomic E-state index is -0.177. The third kappa shape index (κ3) is 2.71. The summed E-state index contributed by atoms with van der Waals surface area (Å²) in [6.45, 7) is 4.12. The van der Waals surface area contributed by atoms with Crippen molar-refractivity contribution >= 4 is 17.4 Å². The molecule has 5 heteroatoms. The van der Waals surface area contributed by atoms with Crippen molar-refractivity contribution < 1.29 is 14.3 Å². The molecule has 1 aromatic carbocycles. The van der Waals surface area contributed by atoms with Crippen LogP contribution < -0.4 is 4.74 Å². The first kappa shape index (κ1) is 15.6. The highest BCUT2D eigenvalue weighted by molar-refractivity contribution is 6.35. The number of likely N-dealkylation sites (tertiary alicyclic amines) is 1. The number of carbonyl (C=O) groups is 2. The Morgan fingerprint density at radius 3 is 2.26 bits per heavy atom. The fraction of sp³-hybridized carbons (Fsp3) is 0.444. The van der Waals surface area contributed by atoms with Gasteiger partial charge in [-0.1, -0.05) is 19.1 Å². The molecule has 0 spiro atoms. The average molecular weight is 314 g/mol. The second-order valence-corrected chi connectivity index (χ2v) is 5.91. The lowest BCUT2D eigenvalue weighted by molar-refractivity contribution is -0.137. The highest BCUT2D eigenvalue weighted by atomic mass is 16.5. The molecule has 0 atom stereocenters. The second-order valence-electron chi connectivity index (χ2n) is 5.91. The highest BCUT2D eigenvalue weighted by Crippen LogP contribution is 2.34. The van der Waals surface area contributed by atoms with Gasteiger partial charge in [-0.15, -0.1) is 0 Å². The standard InChI is InChI=1S/C18H22N2O3/c1-3-10-20-17(21)15(13-6-8-14(23-2)9-7-13)16(18(20)22)19-11-4-5-12-19/h6-9H,3-5,10-12H2,1-2H3. The molecule has 3 rings (SSSR count).